The zero-order valence-electron chi connectivity index (χ0n) is 18.5. The van der Waals surface area contributed by atoms with Gasteiger partial charge < -0.3 is 14.9 Å². The van der Waals surface area contributed by atoms with Gasteiger partial charge in [-0.3, -0.25) is 4.90 Å². The fraction of sp³-hybridized carbons (Fsp3) is 0.727. The van der Waals surface area contributed by atoms with Crippen LogP contribution >= 0.6 is 11.3 Å². The second-order valence-electron chi connectivity index (χ2n) is 9.37. The molecule has 4 rings (SSSR count). The monoisotopic (exact) mass is 434 g/mol. The molecule has 2 aromatic rings. The second kappa shape index (κ2) is 8.31. The summed E-state index contributed by atoms with van der Waals surface area (Å²) in [6, 6.07) is 2.77. The van der Waals surface area contributed by atoms with Crippen molar-refractivity contribution in [2.45, 2.75) is 89.8 Å². The summed E-state index contributed by atoms with van der Waals surface area (Å²) in [5.41, 5.74) is 1.02. The molecule has 3 atom stereocenters. The predicted octanol–water partition coefficient (Wildman–Crippen LogP) is 2.49. The van der Waals surface area contributed by atoms with Crippen molar-refractivity contribution in [1.82, 2.24) is 19.9 Å². The van der Waals surface area contributed by atoms with Crippen LogP contribution in [0.3, 0.4) is 0 Å². The Morgan fingerprint density at radius 3 is 2.93 bits per heavy atom. The number of aromatic nitrogens is 3. The first-order valence-corrected chi connectivity index (χ1v) is 11.8. The second-order valence-corrected chi connectivity index (χ2v) is 10.6. The van der Waals surface area contributed by atoms with E-state index in [1.165, 1.54) is 15.3 Å². The summed E-state index contributed by atoms with van der Waals surface area (Å²) in [6.07, 6.45) is 5.10. The molecule has 0 aliphatic carbocycles. The van der Waals surface area contributed by atoms with Crippen LogP contribution in [-0.4, -0.2) is 61.0 Å². The van der Waals surface area contributed by atoms with Gasteiger partial charge in [0.2, 0.25) is 0 Å². The summed E-state index contributed by atoms with van der Waals surface area (Å²) in [4.78, 5) is 5.42. The van der Waals surface area contributed by atoms with Gasteiger partial charge in [0.25, 0.3) is 0 Å². The molecule has 2 aliphatic rings. The van der Waals surface area contributed by atoms with Gasteiger partial charge in [-0.25, -0.2) is 4.68 Å². The van der Waals surface area contributed by atoms with Crippen LogP contribution < -0.4 is 0 Å². The van der Waals surface area contributed by atoms with E-state index in [1.54, 1.807) is 18.5 Å². The van der Waals surface area contributed by atoms with Crippen molar-refractivity contribution in [3.8, 4) is 0 Å². The Kier molecular flexibility index (Phi) is 6.07. The zero-order valence-corrected chi connectivity index (χ0v) is 19.3. The third kappa shape index (κ3) is 4.34. The molecule has 1 unspecified atom stereocenters. The maximum absolute atomic E-state index is 10.1. The van der Waals surface area contributed by atoms with Crippen molar-refractivity contribution in [3.63, 3.8) is 0 Å². The summed E-state index contributed by atoms with van der Waals surface area (Å²) < 4.78 is 8.05. The van der Waals surface area contributed by atoms with Crippen molar-refractivity contribution >= 4 is 11.3 Å². The number of rotatable bonds is 6. The maximum Gasteiger partial charge on any atom is 0.102 e. The van der Waals surface area contributed by atoms with E-state index in [4.69, 9.17) is 4.74 Å². The largest absolute Gasteiger partial charge is 0.388 e. The van der Waals surface area contributed by atoms with Gasteiger partial charge in [-0.05, 0) is 51.7 Å². The molecule has 8 heteroatoms. The summed E-state index contributed by atoms with van der Waals surface area (Å²) in [5, 5.41) is 28.4. The molecule has 0 bridgehead atoms. The van der Waals surface area contributed by atoms with Crippen molar-refractivity contribution in [2.24, 2.45) is 0 Å². The van der Waals surface area contributed by atoms with Crippen molar-refractivity contribution in [1.29, 1.82) is 0 Å². The fourth-order valence-electron chi connectivity index (χ4n) is 4.62. The number of fused-ring (bicyclic) bond motifs is 2. The first-order valence-electron chi connectivity index (χ1n) is 11.0. The Balaban J connectivity index is 1.41. The Morgan fingerprint density at radius 2 is 2.23 bits per heavy atom. The number of nitrogens with zero attached hydrogens (tertiary/aromatic N) is 4. The van der Waals surface area contributed by atoms with E-state index < -0.39 is 11.7 Å². The first kappa shape index (κ1) is 21.9. The molecule has 0 amide bonds. The Hall–Kier alpha value is -1.32. The van der Waals surface area contributed by atoms with Crippen LogP contribution in [0.15, 0.2) is 12.3 Å². The van der Waals surface area contributed by atoms with E-state index >= 15 is 0 Å². The summed E-state index contributed by atoms with van der Waals surface area (Å²) >= 11 is 1.96. The highest BCUT2D eigenvalue weighted by molar-refractivity contribution is 7.12. The SMILES string of the molecule is CCc1cc2c(s1)CCO[C@@]21CCN(Cc2cn(CC(O)C(C)(C)O)nn2)[C@@H](C)C1. The van der Waals surface area contributed by atoms with E-state index in [0.717, 1.165) is 51.1 Å². The lowest BCUT2D eigenvalue weighted by atomic mass is 9.79. The molecule has 166 valence electrons. The Morgan fingerprint density at radius 1 is 1.43 bits per heavy atom. The van der Waals surface area contributed by atoms with Crippen molar-refractivity contribution in [3.05, 3.63) is 33.3 Å². The standard InChI is InChI=1S/C22H34N4O3S/c1-5-17-10-18-19(30-17)6-9-29-22(18)7-8-25(15(2)11-22)12-16-13-26(24-23-16)14-20(27)21(3,4)28/h10,13,15,20,27-28H,5-9,11-12,14H2,1-4H3/t15-,20?,22+/m0/s1. The van der Waals surface area contributed by atoms with Gasteiger partial charge in [0.1, 0.15) is 6.10 Å². The minimum absolute atomic E-state index is 0.137. The smallest absolute Gasteiger partial charge is 0.102 e. The summed E-state index contributed by atoms with van der Waals surface area (Å²) in [7, 11) is 0. The number of ether oxygens (including phenoxy) is 1. The van der Waals surface area contributed by atoms with E-state index in [0.29, 0.717) is 6.04 Å². The number of aliphatic hydroxyl groups is 2. The molecule has 30 heavy (non-hydrogen) atoms. The van der Waals surface area contributed by atoms with Gasteiger partial charge in [0.05, 0.1) is 30.0 Å². The van der Waals surface area contributed by atoms with Crippen LogP contribution in [0.1, 0.15) is 61.5 Å². The third-order valence-electron chi connectivity index (χ3n) is 6.58. The Bertz CT molecular complexity index is 874. The van der Waals surface area contributed by atoms with Gasteiger partial charge in [-0.15, -0.1) is 16.4 Å². The highest BCUT2D eigenvalue weighted by atomic mass is 32.1. The van der Waals surface area contributed by atoms with Crippen LogP contribution in [0.4, 0.5) is 0 Å². The lowest BCUT2D eigenvalue weighted by Gasteiger charge is -2.47. The molecule has 1 spiro atoms. The molecule has 1 saturated heterocycles. The normalized spacial score (nSPS) is 26.1. The average Bonchev–Trinajstić information content (AvgIpc) is 3.31. The molecule has 2 aromatic heterocycles. The minimum atomic E-state index is -1.17. The van der Waals surface area contributed by atoms with E-state index in [9.17, 15) is 10.2 Å². The summed E-state index contributed by atoms with van der Waals surface area (Å²) in [6.45, 7) is 10.4. The molecule has 4 heterocycles. The van der Waals surface area contributed by atoms with Crippen molar-refractivity contribution in [2.75, 3.05) is 13.2 Å². The molecular formula is C22H34N4O3S. The zero-order chi connectivity index (χ0) is 21.5. The van der Waals surface area contributed by atoms with Gasteiger partial charge in [-0.1, -0.05) is 12.1 Å². The molecule has 7 nitrogen and oxygen atoms in total. The average molecular weight is 435 g/mol. The van der Waals surface area contributed by atoms with Gasteiger partial charge in [-0.2, -0.15) is 0 Å². The molecule has 1 fully saturated rings. The third-order valence-corrected chi connectivity index (χ3v) is 7.92. The maximum atomic E-state index is 10.1. The topological polar surface area (TPSA) is 83.6 Å². The van der Waals surface area contributed by atoms with Gasteiger partial charge in [0.15, 0.2) is 0 Å². The number of aryl methyl sites for hydroxylation is 1. The number of hydrogen-bond donors (Lipinski definition) is 2. The van der Waals surface area contributed by atoms with Crippen LogP contribution in [0.2, 0.25) is 0 Å². The molecule has 0 saturated carbocycles. The van der Waals surface area contributed by atoms with Crippen molar-refractivity contribution < 1.29 is 14.9 Å². The molecule has 2 N–H and O–H groups in total. The van der Waals surface area contributed by atoms with Gasteiger partial charge in [0, 0.05) is 41.5 Å². The first-order chi connectivity index (χ1) is 14.2. The number of likely N-dealkylation sites (tertiary alicyclic amines) is 1. The van der Waals surface area contributed by atoms with Crippen LogP contribution in [-0.2, 0) is 36.3 Å². The molecule has 2 aliphatic heterocycles. The molecular weight excluding hydrogens is 400 g/mol. The van der Waals surface area contributed by atoms with E-state index in [2.05, 4.69) is 35.1 Å². The number of hydrogen-bond acceptors (Lipinski definition) is 7. The number of aliphatic hydroxyl groups excluding tert-OH is 1. The van der Waals surface area contributed by atoms with E-state index in [-0.39, 0.29) is 12.1 Å². The van der Waals surface area contributed by atoms with Crippen LogP contribution in [0.5, 0.6) is 0 Å². The lowest BCUT2D eigenvalue weighted by molar-refractivity contribution is -0.112. The minimum Gasteiger partial charge on any atom is -0.388 e. The molecule has 0 radical (unpaired) electrons. The predicted molar refractivity (Wildman–Crippen MR) is 116 cm³/mol. The fourth-order valence-corrected chi connectivity index (χ4v) is 5.80. The van der Waals surface area contributed by atoms with E-state index in [1.807, 2.05) is 17.5 Å². The quantitative estimate of drug-likeness (QED) is 0.727. The lowest BCUT2D eigenvalue weighted by Crippen LogP contribution is -2.50. The van der Waals surface area contributed by atoms with Crippen LogP contribution in [0.25, 0.3) is 0 Å². The highest BCUT2D eigenvalue weighted by Crippen LogP contribution is 2.46. The highest BCUT2D eigenvalue weighted by Gasteiger charge is 2.44. The molecule has 0 aromatic carbocycles. The van der Waals surface area contributed by atoms with Crippen LogP contribution in [0, 0.1) is 0 Å². The number of thiophene rings is 1. The summed E-state index contributed by atoms with van der Waals surface area (Å²) in [5.74, 6) is 0. The Labute approximate surface area is 182 Å². The van der Waals surface area contributed by atoms with Gasteiger partial charge >= 0.3 is 0 Å². The number of piperidine rings is 1.